The summed E-state index contributed by atoms with van der Waals surface area (Å²) in [5, 5.41) is 11.7. The van der Waals surface area contributed by atoms with E-state index < -0.39 is 0 Å². The number of anilines is 1. The molecule has 3 heterocycles. The maximum absolute atomic E-state index is 13.0. The third-order valence-corrected chi connectivity index (χ3v) is 4.87. The van der Waals surface area contributed by atoms with Crippen LogP contribution in [0.1, 0.15) is 10.5 Å². The van der Waals surface area contributed by atoms with Gasteiger partial charge in [-0.3, -0.25) is 9.48 Å². The molecular weight excluding hydrogens is 376 g/mol. The Labute approximate surface area is 172 Å². The molecule has 0 spiro atoms. The number of fused-ring (bicyclic) bond motifs is 1. The highest BCUT2D eigenvalue weighted by molar-refractivity contribution is 6.07. The summed E-state index contributed by atoms with van der Waals surface area (Å²) in [7, 11) is 1.76. The van der Waals surface area contributed by atoms with E-state index in [-0.39, 0.29) is 5.91 Å². The Morgan fingerprint density at radius 2 is 1.63 bits per heavy atom. The molecule has 0 unspecified atom stereocenters. The second-order valence-corrected chi connectivity index (χ2v) is 6.87. The van der Waals surface area contributed by atoms with Gasteiger partial charge >= 0.3 is 0 Å². The van der Waals surface area contributed by atoms with Gasteiger partial charge in [-0.25, -0.2) is 9.50 Å². The lowest BCUT2D eigenvalue weighted by Crippen LogP contribution is -2.17. The largest absolute Gasteiger partial charge is 0.320 e. The summed E-state index contributed by atoms with van der Waals surface area (Å²) in [5.41, 5.74) is 4.45. The van der Waals surface area contributed by atoms with Crippen LogP contribution in [0.4, 0.5) is 5.69 Å². The zero-order chi connectivity index (χ0) is 20.5. The molecule has 0 aliphatic carbocycles. The highest BCUT2D eigenvalue weighted by atomic mass is 16.2. The Morgan fingerprint density at radius 1 is 0.933 bits per heavy atom. The van der Waals surface area contributed by atoms with Gasteiger partial charge in [0.05, 0.1) is 6.20 Å². The number of aromatic nitrogens is 5. The molecule has 0 saturated carbocycles. The van der Waals surface area contributed by atoms with E-state index in [1.54, 1.807) is 40.8 Å². The molecule has 2 aromatic carbocycles. The number of nitrogens with zero attached hydrogens (tertiary/aromatic N) is 5. The van der Waals surface area contributed by atoms with Gasteiger partial charge in [-0.1, -0.05) is 60.7 Å². The highest BCUT2D eigenvalue weighted by Gasteiger charge is 2.18. The van der Waals surface area contributed by atoms with Gasteiger partial charge in [0.1, 0.15) is 5.69 Å². The first-order valence-electron chi connectivity index (χ1n) is 9.50. The van der Waals surface area contributed by atoms with Crippen LogP contribution in [0.2, 0.25) is 0 Å². The number of aryl methyl sites for hydroxylation is 1. The Kier molecular flexibility index (Phi) is 4.33. The van der Waals surface area contributed by atoms with Crippen molar-refractivity contribution in [2.24, 2.45) is 7.05 Å². The fraction of sp³-hybridized carbons (Fsp3) is 0.0435. The summed E-state index contributed by atoms with van der Waals surface area (Å²) >= 11 is 0. The lowest BCUT2D eigenvalue weighted by molar-refractivity contribution is 0.101. The van der Waals surface area contributed by atoms with E-state index in [1.807, 2.05) is 60.7 Å². The first kappa shape index (κ1) is 17.8. The van der Waals surface area contributed by atoms with Crippen molar-refractivity contribution in [2.75, 3.05) is 5.32 Å². The molecule has 3 aromatic heterocycles. The van der Waals surface area contributed by atoms with E-state index in [2.05, 4.69) is 20.5 Å². The molecule has 0 bridgehead atoms. The second kappa shape index (κ2) is 7.29. The minimum absolute atomic E-state index is 0.235. The molecule has 0 fully saturated rings. The zero-order valence-corrected chi connectivity index (χ0v) is 16.2. The van der Waals surface area contributed by atoms with Gasteiger partial charge < -0.3 is 5.32 Å². The second-order valence-electron chi connectivity index (χ2n) is 6.87. The number of pyridine rings is 1. The number of hydrogen-bond donors (Lipinski definition) is 1. The molecule has 0 saturated heterocycles. The third kappa shape index (κ3) is 3.22. The first-order valence-corrected chi connectivity index (χ1v) is 9.50. The van der Waals surface area contributed by atoms with E-state index >= 15 is 0 Å². The third-order valence-electron chi connectivity index (χ3n) is 4.87. The van der Waals surface area contributed by atoms with E-state index in [0.29, 0.717) is 22.9 Å². The minimum Gasteiger partial charge on any atom is -0.320 e. The maximum atomic E-state index is 13.0. The van der Waals surface area contributed by atoms with Crippen LogP contribution in [0.15, 0.2) is 85.2 Å². The van der Waals surface area contributed by atoms with Gasteiger partial charge in [0.25, 0.3) is 5.91 Å². The molecule has 0 aliphatic heterocycles. The number of benzene rings is 2. The topological polar surface area (TPSA) is 77.1 Å². The Morgan fingerprint density at radius 3 is 2.37 bits per heavy atom. The van der Waals surface area contributed by atoms with Crippen LogP contribution in [0.5, 0.6) is 0 Å². The summed E-state index contributed by atoms with van der Waals surface area (Å²) < 4.78 is 3.28. The smallest absolute Gasteiger partial charge is 0.274 e. The van der Waals surface area contributed by atoms with Crippen LogP contribution in [0.25, 0.3) is 28.2 Å². The molecule has 7 heteroatoms. The average molecular weight is 394 g/mol. The van der Waals surface area contributed by atoms with Crippen molar-refractivity contribution in [1.82, 2.24) is 24.4 Å². The summed E-state index contributed by atoms with van der Waals surface area (Å²) in [6.45, 7) is 0. The van der Waals surface area contributed by atoms with Crippen LogP contribution in [0, 0.1) is 0 Å². The molecule has 7 nitrogen and oxygen atoms in total. The lowest BCUT2D eigenvalue weighted by atomic mass is 10.1. The molecular formula is C23H18N6O. The monoisotopic (exact) mass is 394 g/mol. The zero-order valence-electron chi connectivity index (χ0n) is 16.2. The molecule has 0 aliphatic rings. The average Bonchev–Trinajstić information content (AvgIpc) is 3.38. The van der Waals surface area contributed by atoms with Crippen LogP contribution in [-0.2, 0) is 7.05 Å². The quantitative estimate of drug-likeness (QED) is 0.499. The number of rotatable bonds is 4. The van der Waals surface area contributed by atoms with Crippen molar-refractivity contribution in [2.45, 2.75) is 0 Å². The standard InChI is InChI=1S/C23H18N6O/c1-28-21(19(15-24-28)16-8-4-2-5-9-16)23(30)25-18-12-13-29-20(14-18)26-22(27-29)17-10-6-3-7-11-17/h2-15H,1H3,(H,25,30). The van der Waals surface area contributed by atoms with Crippen molar-refractivity contribution in [3.05, 3.63) is 90.9 Å². The predicted molar refractivity (Wildman–Crippen MR) is 115 cm³/mol. The molecule has 0 atom stereocenters. The van der Waals surface area contributed by atoms with Crippen molar-refractivity contribution >= 4 is 17.2 Å². The summed E-state index contributed by atoms with van der Waals surface area (Å²) in [4.78, 5) is 17.6. The Balaban J connectivity index is 1.45. The van der Waals surface area contributed by atoms with Crippen LogP contribution >= 0.6 is 0 Å². The van der Waals surface area contributed by atoms with Crippen molar-refractivity contribution < 1.29 is 4.79 Å². The molecule has 0 radical (unpaired) electrons. The predicted octanol–water partition coefficient (Wildman–Crippen LogP) is 4.05. The van der Waals surface area contributed by atoms with Gasteiger partial charge in [0.15, 0.2) is 11.5 Å². The molecule has 5 aromatic rings. The number of carbonyl (C=O) groups excluding carboxylic acids is 1. The number of hydrogen-bond acceptors (Lipinski definition) is 4. The van der Waals surface area contributed by atoms with Gasteiger partial charge in [0.2, 0.25) is 0 Å². The summed E-state index contributed by atoms with van der Waals surface area (Å²) in [6.07, 6.45) is 3.49. The van der Waals surface area contributed by atoms with E-state index in [4.69, 9.17) is 0 Å². The maximum Gasteiger partial charge on any atom is 0.274 e. The van der Waals surface area contributed by atoms with Crippen molar-refractivity contribution in [3.63, 3.8) is 0 Å². The summed E-state index contributed by atoms with van der Waals surface area (Å²) in [6, 6.07) is 23.1. The lowest BCUT2D eigenvalue weighted by Gasteiger charge is -2.08. The minimum atomic E-state index is -0.235. The van der Waals surface area contributed by atoms with Gasteiger partial charge in [-0.05, 0) is 11.6 Å². The molecule has 146 valence electrons. The summed E-state index contributed by atoms with van der Waals surface area (Å²) in [5.74, 6) is 0.401. The van der Waals surface area contributed by atoms with E-state index in [1.165, 1.54) is 0 Å². The Bertz CT molecular complexity index is 1340. The first-order chi connectivity index (χ1) is 14.7. The molecule has 30 heavy (non-hydrogen) atoms. The molecule has 5 rings (SSSR count). The van der Waals surface area contributed by atoms with Gasteiger partial charge in [0, 0.05) is 36.1 Å². The normalized spacial score (nSPS) is 11.0. The fourth-order valence-corrected chi connectivity index (χ4v) is 3.39. The van der Waals surface area contributed by atoms with Crippen LogP contribution in [0.3, 0.4) is 0 Å². The van der Waals surface area contributed by atoms with Crippen molar-refractivity contribution in [3.8, 4) is 22.5 Å². The Hall–Kier alpha value is -4.26. The molecule has 1 amide bonds. The fourth-order valence-electron chi connectivity index (χ4n) is 3.39. The van der Waals surface area contributed by atoms with Crippen LogP contribution < -0.4 is 5.32 Å². The van der Waals surface area contributed by atoms with E-state index in [9.17, 15) is 4.79 Å². The van der Waals surface area contributed by atoms with Gasteiger partial charge in [-0.15, -0.1) is 5.10 Å². The van der Waals surface area contributed by atoms with Gasteiger partial charge in [-0.2, -0.15) is 5.10 Å². The van der Waals surface area contributed by atoms with E-state index in [0.717, 1.165) is 16.7 Å². The number of carbonyl (C=O) groups is 1. The highest BCUT2D eigenvalue weighted by Crippen LogP contribution is 2.24. The van der Waals surface area contributed by atoms with Crippen LogP contribution in [-0.4, -0.2) is 30.3 Å². The van der Waals surface area contributed by atoms with Crippen molar-refractivity contribution in [1.29, 1.82) is 0 Å². The molecule has 1 N–H and O–H groups in total. The number of amides is 1. The SMILES string of the molecule is Cn1ncc(-c2ccccc2)c1C(=O)Nc1ccn2nc(-c3ccccc3)nc2c1. The number of nitrogens with one attached hydrogen (secondary N) is 1.